The van der Waals surface area contributed by atoms with Gasteiger partial charge in [0.2, 0.25) is 5.88 Å². The van der Waals surface area contributed by atoms with E-state index < -0.39 is 0 Å². The first-order valence-electron chi connectivity index (χ1n) is 6.50. The number of nitrogens with zero attached hydrogens (tertiary/aromatic N) is 3. The number of methoxy groups -OCH3 is 1. The zero-order valence-corrected chi connectivity index (χ0v) is 12.3. The third-order valence-electron chi connectivity index (χ3n) is 3.11. The second-order valence-electron chi connectivity index (χ2n) is 4.76. The second kappa shape index (κ2) is 6.23. The lowest BCUT2D eigenvalue weighted by atomic mass is 10.1. The van der Waals surface area contributed by atoms with Crippen molar-refractivity contribution in [3.63, 3.8) is 0 Å². The van der Waals surface area contributed by atoms with Gasteiger partial charge in [0.05, 0.1) is 18.8 Å². The highest BCUT2D eigenvalue weighted by molar-refractivity contribution is 5.74. The largest absolute Gasteiger partial charge is 0.479 e. The summed E-state index contributed by atoms with van der Waals surface area (Å²) < 4.78 is 5.36. The number of ether oxygens (including phenoxy) is 1. The fourth-order valence-corrected chi connectivity index (χ4v) is 2.03. The van der Waals surface area contributed by atoms with Crippen LogP contribution in [-0.4, -0.2) is 31.2 Å². The van der Waals surface area contributed by atoms with E-state index in [0.29, 0.717) is 5.88 Å². The first-order valence-corrected chi connectivity index (χ1v) is 6.50. The van der Waals surface area contributed by atoms with Crippen molar-refractivity contribution in [3.8, 4) is 5.88 Å². The standard InChI is InChI=1S/C15H20N4O/c1-11(12-6-5-8-16-10-12)18-14-13(19(2)3)7-9-17-15(14)20-4/h5-11,18H,1-4H3. The van der Waals surface area contributed by atoms with E-state index in [0.717, 1.165) is 16.9 Å². The molecule has 2 heterocycles. The highest BCUT2D eigenvalue weighted by Crippen LogP contribution is 2.34. The van der Waals surface area contributed by atoms with Gasteiger partial charge in [0.1, 0.15) is 5.69 Å². The summed E-state index contributed by atoms with van der Waals surface area (Å²) in [4.78, 5) is 10.4. The number of rotatable bonds is 5. The van der Waals surface area contributed by atoms with Crippen molar-refractivity contribution in [1.29, 1.82) is 0 Å². The summed E-state index contributed by atoms with van der Waals surface area (Å²) >= 11 is 0. The minimum atomic E-state index is 0.112. The highest BCUT2D eigenvalue weighted by Gasteiger charge is 2.15. The average Bonchev–Trinajstić information content (AvgIpc) is 2.48. The Morgan fingerprint density at radius 2 is 2.05 bits per heavy atom. The molecule has 0 radical (unpaired) electrons. The zero-order valence-electron chi connectivity index (χ0n) is 12.3. The molecule has 5 nitrogen and oxygen atoms in total. The van der Waals surface area contributed by atoms with Gasteiger partial charge in [-0.3, -0.25) is 4.98 Å². The van der Waals surface area contributed by atoms with Crippen molar-refractivity contribution in [2.75, 3.05) is 31.4 Å². The number of hydrogen-bond acceptors (Lipinski definition) is 5. The van der Waals surface area contributed by atoms with E-state index >= 15 is 0 Å². The lowest BCUT2D eigenvalue weighted by molar-refractivity contribution is 0.399. The maximum atomic E-state index is 5.36. The molecule has 1 atom stereocenters. The maximum Gasteiger partial charge on any atom is 0.239 e. The molecule has 0 bridgehead atoms. The van der Waals surface area contributed by atoms with Gasteiger partial charge in [-0.05, 0) is 24.6 Å². The van der Waals surface area contributed by atoms with Crippen molar-refractivity contribution in [2.45, 2.75) is 13.0 Å². The topological polar surface area (TPSA) is 50.3 Å². The van der Waals surface area contributed by atoms with Crippen LogP contribution in [0, 0.1) is 0 Å². The van der Waals surface area contributed by atoms with Crippen LogP contribution in [0.3, 0.4) is 0 Å². The van der Waals surface area contributed by atoms with Crippen LogP contribution in [0.25, 0.3) is 0 Å². The quantitative estimate of drug-likeness (QED) is 0.907. The summed E-state index contributed by atoms with van der Waals surface area (Å²) in [6, 6.07) is 6.05. The summed E-state index contributed by atoms with van der Waals surface area (Å²) in [6.07, 6.45) is 5.37. The molecule has 2 aromatic heterocycles. The predicted molar refractivity (Wildman–Crippen MR) is 81.4 cm³/mol. The third-order valence-corrected chi connectivity index (χ3v) is 3.11. The summed E-state index contributed by atoms with van der Waals surface area (Å²) in [5.74, 6) is 0.590. The molecule has 0 aliphatic heterocycles. The van der Waals surface area contributed by atoms with Gasteiger partial charge in [0.15, 0.2) is 0 Å². The van der Waals surface area contributed by atoms with Gasteiger partial charge in [-0.25, -0.2) is 4.98 Å². The van der Waals surface area contributed by atoms with E-state index in [4.69, 9.17) is 4.74 Å². The lowest BCUT2D eigenvalue weighted by Gasteiger charge is -2.23. The van der Waals surface area contributed by atoms with E-state index in [1.54, 1.807) is 19.5 Å². The van der Waals surface area contributed by atoms with E-state index in [2.05, 4.69) is 22.2 Å². The molecule has 0 aliphatic rings. The van der Waals surface area contributed by atoms with Crippen LogP contribution in [-0.2, 0) is 0 Å². The van der Waals surface area contributed by atoms with E-state index in [9.17, 15) is 0 Å². The minimum absolute atomic E-state index is 0.112. The van der Waals surface area contributed by atoms with Crippen LogP contribution in [0.2, 0.25) is 0 Å². The maximum absolute atomic E-state index is 5.36. The normalized spacial score (nSPS) is 11.8. The van der Waals surface area contributed by atoms with Gasteiger partial charge in [-0.1, -0.05) is 6.07 Å². The predicted octanol–water partition coefficient (Wildman–Crippen LogP) is 2.72. The van der Waals surface area contributed by atoms with Crippen molar-refractivity contribution >= 4 is 11.4 Å². The summed E-state index contributed by atoms with van der Waals surface area (Å²) in [5.41, 5.74) is 3.03. The molecule has 0 spiro atoms. The molecule has 2 aromatic rings. The first-order chi connectivity index (χ1) is 9.63. The Morgan fingerprint density at radius 1 is 1.25 bits per heavy atom. The fourth-order valence-electron chi connectivity index (χ4n) is 2.03. The molecule has 20 heavy (non-hydrogen) atoms. The van der Waals surface area contributed by atoms with Crippen LogP contribution in [0.1, 0.15) is 18.5 Å². The minimum Gasteiger partial charge on any atom is -0.479 e. The Balaban J connectivity index is 2.32. The number of anilines is 2. The molecule has 0 aromatic carbocycles. The Morgan fingerprint density at radius 3 is 2.65 bits per heavy atom. The van der Waals surface area contributed by atoms with Gasteiger partial charge in [0, 0.05) is 32.7 Å². The third kappa shape index (κ3) is 2.99. The van der Waals surface area contributed by atoms with Crippen LogP contribution in [0.4, 0.5) is 11.4 Å². The van der Waals surface area contributed by atoms with Crippen molar-refractivity contribution in [2.24, 2.45) is 0 Å². The van der Waals surface area contributed by atoms with Crippen LogP contribution in [0.5, 0.6) is 5.88 Å². The molecule has 0 aliphatic carbocycles. The van der Waals surface area contributed by atoms with Crippen LogP contribution >= 0.6 is 0 Å². The number of hydrogen-bond donors (Lipinski definition) is 1. The molecule has 1 N–H and O–H groups in total. The molecule has 106 valence electrons. The molecular weight excluding hydrogens is 252 g/mol. The van der Waals surface area contributed by atoms with Crippen molar-refractivity contribution in [1.82, 2.24) is 9.97 Å². The highest BCUT2D eigenvalue weighted by atomic mass is 16.5. The molecule has 5 heteroatoms. The number of pyridine rings is 2. The Bertz CT molecular complexity index is 557. The summed E-state index contributed by atoms with van der Waals surface area (Å²) in [6.45, 7) is 2.09. The molecule has 1 unspecified atom stereocenters. The van der Waals surface area contributed by atoms with Gasteiger partial charge in [0.25, 0.3) is 0 Å². The Labute approximate surface area is 119 Å². The molecule has 0 fully saturated rings. The molecule has 2 rings (SSSR count). The van der Waals surface area contributed by atoms with Crippen LogP contribution < -0.4 is 15.0 Å². The lowest BCUT2D eigenvalue weighted by Crippen LogP contribution is -2.15. The summed E-state index contributed by atoms with van der Waals surface area (Å²) in [7, 11) is 5.62. The Hall–Kier alpha value is -2.30. The van der Waals surface area contributed by atoms with Crippen molar-refractivity contribution < 1.29 is 4.74 Å². The smallest absolute Gasteiger partial charge is 0.239 e. The van der Waals surface area contributed by atoms with Gasteiger partial charge >= 0.3 is 0 Å². The Kier molecular flexibility index (Phi) is 4.40. The molecular formula is C15H20N4O. The van der Waals surface area contributed by atoms with Crippen LogP contribution in [0.15, 0.2) is 36.8 Å². The molecule has 0 amide bonds. The second-order valence-corrected chi connectivity index (χ2v) is 4.76. The average molecular weight is 272 g/mol. The van der Waals surface area contributed by atoms with E-state index in [1.807, 2.05) is 43.4 Å². The van der Waals surface area contributed by atoms with E-state index in [-0.39, 0.29) is 6.04 Å². The van der Waals surface area contributed by atoms with Gasteiger partial charge in [-0.2, -0.15) is 0 Å². The zero-order chi connectivity index (χ0) is 14.5. The first kappa shape index (κ1) is 14.1. The number of aromatic nitrogens is 2. The molecule has 0 saturated heterocycles. The SMILES string of the molecule is COc1nccc(N(C)C)c1NC(C)c1cccnc1. The van der Waals surface area contributed by atoms with Gasteiger partial charge < -0.3 is 15.0 Å². The van der Waals surface area contributed by atoms with Gasteiger partial charge in [-0.15, -0.1) is 0 Å². The summed E-state index contributed by atoms with van der Waals surface area (Å²) in [5, 5.41) is 3.46. The fraction of sp³-hybridized carbons (Fsp3) is 0.333. The monoisotopic (exact) mass is 272 g/mol. The molecule has 0 saturated carbocycles. The van der Waals surface area contributed by atoms with E-state index in [1.165, 1.54) is 0 Å². The van der Waals surface area contributed by atoms with Crippen molar-refractivity contribution in [3.05, 3.63) is 42.4 Å². The number of nitrogens with one attached hydrogen (secondary N) is 1.